The lowest BCUT2D eigenvalue weighted by atomic mass is 10.1. The normalized spacial score (nSPS) is 10.5. The number of nitrogens with two attached hydrogens (primary N) is 1. The minimum absolute atomic E-state index is 0.143. The third-order valence-electron chi connectivity index (χ3n) is 2.48. The Bertz CT molecular complexity index is 593. The molecule has 2 amide bonds. The van der Waals surface area contributed by atoms with Crippen LogP contribution in [-0.2, 0) is 9.53 Å². The summed E-state index contributed by atoms with van der Waals surface area (Å²) in [5.74, 6) is -0.741. The third kappa shape index (κ3) is 3.52. The number of H-pyrrole nitrogens is 1. The van der Waals surface area contributed by atoms with Crippen molar-refractivity contribution in [3.8, 4) is 0 Å². The molecular formula is C12H14N4O3. The lowest BCUT2D eigenvalue weighted by molar-refractivity contribution is -0.122. The van der Waals surface area contributed by atoms with Crippen molar-refractivity contribution >= 4 is 22.7 Å². The van der Waals surface area contributed by atoms with Gasteiger partial charge in [0.2, 0.25) is 5.91 Å². The predicted molar refractivity (Wildman–Crippen MR) is 68.4 cm³/mol. The van der Waals surface area contributed by atoms with Gasteiger partial charge in [0.05, 0.1) is 18.3 Å². The van der Waals surface area contributed by atoms with Crippen LogP contribution in [0.25, 0.3) is 10.9 Å². The quantitative estimate of drug-likeness (QED) is 0.626. The van der Waals surface area contributed by atoms with Crippen LogP contribution < -0.4 is 11.1 Å². The van der Waals surface area contributed by atoms with Gasteiger partial charge >= 0.3 is 0 Å². The predicted octanol–water partition coefficient (Wildman–Crippen LogP) is -0.205. The molecule has 0 atom stereocenters. The van der Waals surface area contributed by atoms with Crippen molar-refractivity contribution in [3.63, 3.8) is 0 Å². The number of aromatic amines is 1. The number of hydrogen-bond acceptors (Lipinski definition) is 4. The Hall–Kier alpha value is -2.41. The first-order chi connectivity index (χ1) is 9.16. The number of ether oxygens (including phenoxy) is 1. The van der Waals surface area contributed by atoms with E-state index < -0.39 is 5.91 Å². The number of nitrogens with one attached hydrogen (secondary N) is 2. The molecular weight excluding hydrogens is 248 g/mol. The standard InChI is InChI=1S/C12H14N4O3/c13-11(17)7-19-4-3-14-12(18)8-1-2-9-6-15-16-10(9)5-8/h1-2,5-6H,3-4,7H2,(H2,13,17)(H,14,18)(H,15,16). The number of aromatic nitrogens is 2. The van der Waals surface area contributed by atoms with E-state index >= 15 is 0 Å². The van der Waals surface area contributed by atoms with Gasteiger partial charge in [0.25, 0.3) is 5.91 Å². The average molecular weight is 262 g/mol. The van der Waals surface area contributed by atoms with E-state index in [9.17, 15) is 9.59 Å². The molecule has 1 heterocycles. The van der Waals surface area contributed by atoms with E-state index in [-0.39, 0.29) is 19.1 Å². The highest BCUT2D eigenvalue weighted by atomic mass is 16.5. The third-order valence-corrected chi connectivity index (χ3v) is 2.48. The first kappa shape index (κ1) is 13.0. The summed E-state index contributed by atoms with van der Waals surface area (Å²) in [5, 5.41) is 10.3. The van der Waals surface area contributed by atoms with E-state index in [1.165, 1.54) is 0 Å². The van der Waals surface area contributed by atoms with Gasteiger partial charge in [-0.3, -0.25) is 14.7 Å². The maximum absolute atomic E-state index is 11.8. The Labute approximate surface area is 109 Å². The van der Waals surface area contributed by atoms with Crippen molar-refractivity contribution < 1.29 is 14.3 Å². The number of primary amides is 1. The molecule has 0 radical (unpaired) electrons. The number of amides is 2. The molecule has 19 heavy (non-hydrogen) atoms. The summed E-state index contributed by atoms with van der Waals surface area (Å²) in [4.78, 5) is 22.2. The molecule has 0 aliphatic heterocycles. The SMILES string of the molecule is NC(=O)COCCNC(=O)c1ccc2cn[nH]c2c1. The number of fused-ring (bicyclic) bond motifs is 1. The Balaban J connectivity index is 1.84. The zero-order valence-corrected chi connectivity index (χ0v) is 10.2. The maximum Gasteiger partial charge on any atom is 0.251 e. The van der Waals surface area contributed by atoms with Crippen LogP contribution in [0.4, 0.5) is 0 Å². The van der Waals surface area contributed by atoms with Gasteiger partial charge in [-0.25, -0.2) is 0 Å². The second-order valence-electron chi connectivity index (χ2n) is 3.95. The van der Waals surface area contributed by atoms with Crippen molar-refractivity contribution in [2.24, 2.45) is 5.73 Å². The van der Waals surface area contributed by atoms with E-state index in [0.29, 0.717) is 12.1 Å². The van der Waals surface area contributed by atoms with E-state index in [4.69, 9.17) is 10.5 Å². The number of carbonyl (C=O) groups excluding carboxylic acids is 2. The number of carbonyl (C=O) groups is 2. The Morgan fingerprint density at radius 1 is 1.42 bits per heavy atom. The van der Waals surface area contributed by atoms with Crippen molar-refractivity contribution in [2.45, 2.75) is 0 Å². The molecule has 7 nitrogen and oxygen atoms in total. The number of benzene rings is 1. The largest absolute Gasteiger partial charge is 0.370 e. The smallest absolute Gasteiger partial charge is 0.251 e. The molecule has 0 unspecified atom stereocenters. The van der Waals surface area contributed by atoms with Crippen molar-refractivity contribution in [1.29, 1.82) is 0 Å². The molecule has 1 aromatic carbocycles. The summed E-state index contributed by atoms with van der Waals surface area (Å²) < 4.78 is 4.93. The van der Waals surface area contributed by atoms with E-state index in [0.717, 1.165) is 10.9 Å². The Morgan fingerprint density at radius 3 is 3.05 bits per heavy atom. The van der Waals surface area contributed by atoms with Crippen molar-refractivity contribution in [1.82, 2.24) is 15.5 Å². The summed E-state index contributed by atoms with van der Waals surface area (Å²) in [5.41, 5.74) is 6.24. The van der Waals surface area contributed by atoms with Gasteiger partial charge in [-0.15, -0.1) is 0 Å². The zero-order valence-electron chi connectivity index (χ0n) is 10.2. The molecule has 4 N–H and O–H groups in total. The fourth-order valence-electron chi connectivity index (χ4n) is 1.59. The molecule has 0 spiro atoms. The molecule has 2 rings (SSSR count). The van der Waals surface area contributed by atoms with Gasteiger partial charge in [-0.1, -0.05) is 6.07 Å². The van der Waals surface area contributed by atoms with Crippen LogP contribution in [0.3, 0.4) is 0 Å². The number of rotatable bonds is 6. The van der Waals surface area contributed by atoms with Crippen molar-refractivity contribution in [2.75, 3.05) is 19.8 Å². The Morgan fingerprint density at radius 2 is 2.26 bits per heavy atom. The second-order valence-corrected chi connectivity index (χ2v) is 3.95. The summed E-state index contributed by atoms with van der Waals surface area (Å²) in [6, 6.07) is 5.26. The zero-order chi connectivity index (χ0) is 13.7. The highest BCUT2D eigenvalue weighted by Gasteiger charge is 2.06. The van der Waals surface area contributed by atoms with Crippen LogP contribution in [0.15, 0.2) is 24.4 Å². The van der Waals surface area contributed by atoms with Gasteiger partial charge in [-0.2, -0.15) is 5.10 Å². The van der Waals surface area contributed by atoms with Gasteiger partial charge < -0.3 is 15.8 Å². The van der Waals surface area contributed by atoms with Crippen LogP contribution in [-0.4, -0.2) is 41.8 Å². The molecule has 2 aromatic rings. The highest BCUT2D eigenvalue weighted by Crippen LogP contribution is 2.12. The van der Waals surface area contributed by atoms with E-state index in [1.807, 2.05) is 6.07 Å². The van der Waals surface area contributed by atoms with E-state index in [1.54, 1.807) is 18.3 Å². The van der Waals surface area contributed by atoms with Crippen molar-refractivity contribution in [3.05, 3.63) is 30.0 Å². The summed E-state index contributed by atoms with van der Waals surface area (Å²) in [6.07, 6.45) is 1.69. The van der Waals surface area contributed by atoms with Crippen LogP contribution in [0.2, 0.25) is 0 Å². The second kappa shape index (κ2) is 5.96. The van der Waals surface area contributed by atoms with Gasteiger partial charge in [0.15, 0.2) is 0 Å². The first-order valence-corrected chi connectivity index (χ1v) is 5.74. The summed E-state index contributed by atoms with van der Waals surface area (Å²) in [6.45, 7) is 0.407. The first-order valence-electron chi connectivity index (χ1n) is 5.74. The fourth-order valence-corrected chi connectivity index (χ4v) is 1.59. The van der Waals surface area contributed by atoms with Crippen LogP contribution in [0, 0.1) is 0 Å². The molecule has 7 heteroatoms. The highest BCUT2D eigenvalue weighted by molar-refractivity contribution is 5.97. The maximum atomic E-state index is 11.8. The molecule has 100 valence electrons. The number of nitrogens with zero attached hydrogens (tertiary/aromatic N) is 1. The van der Waals surface area contributed by atoms with Crippen LogP contribution in [0.5, 0.6) is 0 Å². The van der Waals surface area contributed by atoms with Crippen LogP contribution in [0.1, 0.15) is 10.4 Å². The van der Waals surface area contributed by atoms with E-state index in [2.05, 4.69) is 15.5 Å². The number of hydrogen-bond donors (Lipinski definition) is 3. The Kier molecular flexibility index (Phi) is 4.09. The average Bonchev–Trinajstić information content (AvgIpc) is 2.84. The minimum atomic E-state index is -0.531. The van der Waals surface area contributed by atoms with Gasteiger partial charge in [-0.05, 0) is 12.1 Å². The molecule has 0 aliphatic rings. The minimum Gasteiger partial charge on any atom is -0.370 e. The monoisotopic (exact) mass is 262 g/mol. The van der Waals surface area contributed by atoms with Gasteiger partial charge in [0, 0.05) is 17.5 Å². The molecule has 0 saturated carbocycles. The molecule has 1 aromatic heterocycles. The summed E-state index contributed by atoms with van der Waals surface area (Å²) >= 11 is 0. The lowest BCUT2D eigenvalue weighted by Gasteiger charge is -2.05. The summed E-state index contributed by atoms with van der Waals surface area (Å²) in [7, 11) is 0. The van der Waals surface area contributed by atoms with Crippen LogP contribution >= 0.6 is 0 Å². The molecule has 0 fully saturated rings. The lowest BCUT2D eigenvalue weighted by Crippen LogP contribution is -2.28. The topological polar surface area (TPSA) is 110 Å². The molecule has 0 aliphatic carbocycles. The van der Waals surface area contributed by atoms with Gasteiger partial charge in [0.1, 0.15) is 6.61 Å². The fraction of sp³-hybridized carbons (Fsp3) is 0.250. The molecule has 0 bridgehead atoms. The molecule has 0 saturated heterocycles.